The van der Waals surface area contributed by atoms with Gasteiger partial charge in [0.2, 0.25) is 0 Å². The molecule has 226 valence electrons. The van der Waals surface area contributed by atoms with Crippen molar-refractivity contribution in [3.05, 3.63) is 94.4 Å². The van der Waals surface area contributed by atoms with Gasteiger partial charge in [-0.05, 0) is 74.7 Å². The Morgan fingerprint density at radius 2 is 1.65 bits per heavy atom. The molecule has 0 bridgehead atoms. The van der Waals surface area contributed by atoms with E-state index in [-0.39, 0.29) is 5.78 Å². The number of hydrogen-bond acceptors (Lipinski definition) is 7. The van der Waals surface area contributed by atoms with Crippen LogP contribution in [0.4, 0.5) is 5.69 Å². The summed E-state index contributed by atoms with van der Waals surface area (Å²) in [5, 5.41) is 16.7. The van der Waals surface area contributed by atoms with Gasteiger partial charge in [-0.3, -0.25) is 4.79 Å². The van der Waals surface area contributed by atoms with E-state index in [0.717, 1.165) is 79.4 Å². The molecule has 4 aromatic rings. The Labute approximate surface area is 258 Å². The summed E-state index contributed by atoms with van der Waals surface area (Å²) in [7, 11) is 2.17. The van der Waals surface area contributed by atoms with Gasteiger partial charge in [0, 0.05) is 68.9 Å². The fraction of sp³-hybridized carbons (Fsp3) is 0.441. The van der Waals surface area contributed by atoms with Gasteiger partial charge in [0.1, 0.15) is 0 Å². The highest BCUT2D eigenvalue weighted by molar-refractivity contribution is 6.30. The standard InChI is InChI=1S/C34H41ClN6O2/c1-38-21-23-39(24-22-38)17-3-2-6-31(42)27-9-7-26(8-10-27)25-32-36-33-30(5-4-18-41(33)37-32)40-19-15-34(43,16-20-40)28-11-13-29(35)14-12-28/h4-5,7-14,18,43H,2-3,6,15-17,19-25H2,1H3. The topological polar surface area (TPSA) is 77.2 Å². The maximum absolute atomic E-state index is 12.8. The number of fused-ring (bicyclic) bond motifs is 1. The quantitative estimate of drug-likeness (QED) is 0.201. The van der Waals surface area contributed by atoms with E-state index in [2.05, 4.69) is 27.8 Å². The van der Waals surface area contributed by atoms with Crippen molar-refractivity contribution in [1.82, 2.24) is 24.4 Å². The lowest BCUT2D eigenvalue weighted by molar-refractivity contribution is 0.0118. The molecule has 8 nitrogen and oxygen atoms in total. The van der Waals surface area contributed by atoms with Crippen molar-refractivity contribution in [2.75, 3.05) is 57.8 Å². The third-order valence-corrected chi connectivity index (χ3v) is 9.31. The number of aliphatic hydroxyl groups is 1. The number of piperazine rings is 1. The summed E-state index contributed by atoms with van der Waals surface area (Å²) >= 11 is 6.05. The minimum absolute atomic E-state index is 0.213. The summed E-state index contributed by atoms with van der Waals surface area (Å²) in [5.74, 6) is 0.954. The van der Waals surface area contributed by atoms with E-state index in [1.807, 2.05) is 65.3 Å². The van der Waals surface area contributed by atoms with Gasteiger partial charge in [-0.15, -0.1) is 0 Å². The smallest absolute Gasteiger partial charge is 0.178 e. The molecule has 0 radical (unpaired) electrons. The summed E-state index contributed by atoms with van der Waals surface area (Å²) in [5.41, 5.74) is 3.75. The van der Waals surface area contributed by atoms with E-state index in [4.69, 9.17) is 21.7 Å². The molecule has 0 saturated carbocycles. The second-order valence-corrected chi connectivity index (χ2v) is 12.6. The third-order valence-electron chi connectivity index (χ3n) is 9.06. The van der Waals surface area contributed by atoms with Gasteiger partial charge in [-0.1, -0.05) is 48.0 Å². The van der Waals surface area contributed by atoms with Gasteiger partial charge >= 0.3 is 0 Å². The van der Waals surface area contributed by atoms with Crippen LogP contribution >= 0.6 is 11.6 Å². The van der Waals surface area contributed by atoms with Crippen molar-refractivity contribution < 1.29 is 9.90 Å². The molecule has 1 N–H and O–H groups in total. The molecule has 4 heterocycles. The Balaban J connectivity index is 1.03. The number of anilines is 1. The van der Waals surface area contributed by atoms with E-state index < -0.39 is 5.60 Å². The molecule has 2 aromatic heterocycles. The van der Waals surface area contributed by atoms with Gasteiger partial charge < -0.3 is 19.8 Å². The number of hydrogen-bond donors (Lipinski definition) is 1. The molecule has 2 aliphatic rings. The average Bonchev–Trinajstić information content (AvgIpc) is 3.44. The van der Waals surface area contributed by atoms with E-state index in [9.17, 15) is 9.90 Å². The SMILES string of the molecule is CN1CCN(CCCCC(=O)c2ccc(Cc3nc4c(N5CCC(O)(c6ccc(Cl)cc6)CC5)cccn4n3)cc2)CC1. The Kier molecular flexibility index (Phi) is 9.09. The summed E-state index contributed by atoms with van der Waals surface area (Å²) in [6.07, 6.45) is 6.35. The van der Waals surface area contributed by atoms with Crippen molar-refractivity contribution in [2.24, 2.45) is 0 Å². The lowest BCUT2D eigenvalue weighted by Crippen LogP contribution is -2.44. The first kappa shape index (κ1) is 29.8. The summed E-state index contributed by atoms with van der Waals surface area (Å²) in [4.78, 5) is 24.8. The molecule has 0 unspecified atom stereocenters. The van der Waals surface area contributed by atoms with Gasteiger partial charge in [0.15, 0.2) is 17.3 Å². The largest absolute Gasteiger partial charge is 0.385 e. The van der Waals surface area contributed by atoms with E-state index in [1.165, 1.54) is 0 Å². The Hall–Kier alpha value is -3.30. The molecule has 0 atom stereocenters. The van der Waals surface area contributed by atoms with Gasteiger partial charge in [0.25, 0.3) is 0 Å². The number of unbranched alkanes of at least 4 members (excludes halogenated alkanes) is 1. The molecular formula is C34H41ClN6O2. The fourth-order valence-electron chi connectivity index (χ4n) is 6.25. The van der Waals surface area contributed by atoms with E-state index >= 15 is 0 Å². The molecule has 2 aliphatic heterocycles. The highest BCUT2D eigenvalue weighted by atomic mass is 35.5. The fourth-order valence-corrected chi connectivity index (χ4v) is 6.38. The lowest BCUT2D eigenvalue weighted by Gasteiger charge is -2.39. The van der Waals surface area contributed by atoms with Crippen LogP contribution < -0.4 is 4.90 Å². The van der Waals surface area contributed by atoms with Crippen molar-refractivity contribution in [1.29, 1.82) is 0 Å². The van der Waals surface area contributed by atoms with Crippen LogP contribution in [-0.2, 0) is 12.0 Å². The van der Waals surface area contributed by atoms with Crippen LogP contribution in [0.15, 0.2) is 66.9 Å². The first-order valence-electron chi connectivity index (χ1n) is 15.5. The first-order valence-corrected chi connectivity index (χ1v) is 15.8. The van der Waals surface area contributed by atoms with Crippen LogP contribution in [-0.4, -0.2) is 88.1 Å². The molecule has 0 aliphatic carbocycles. The molecule has 9 heteroatoms. The van der Waals surface area contributed by atoms with Crippen LogP contribution in [0.5, 0.6) is 0 Å². The lowest BCUT2D eigenvalue weighted by atomic mass is 9.84. The second kappa shape index (κ2) is 13.1. The average molecular weight is 601 g/mol. The third kappa shape index (κ3) is 7.10. The van der Waals surface area contributed by atoms with Gasteiger partial charge in [-0.2, -0.15) is 5.10 Å². The number of aromatic nitrogens is 3. The van der Waals surface area contributed by atoms with Crippen LogP contribution in [0.3, 0.4) is 0 Å². The van der Waals surface area contributed by atoms with Crippen LogP contribution in [0, 0.1) is 0 Å². The predicted octanol–water partition coefficient (Wildman–Crippen LogP) is 5.06. The Morgan fingerprint density at radius 3 is 2.37 bits per heavy atom. The van der Waals surface area contributed by atoms with Crippen LogP contribution in [0.1, 0.15) is 59.4 Å². The molecular weight excluding hydrogens is 560 g/mol. The van der Waals surface area contributed by atoms with E-state index in [1.54, 1.807) is 0 Å². The number of halogens is 1. The maximum Gasteiger partial charge on any atom is 0.178 e. The zero-order chi connectivity index (χ0) is 29.8. The van der Waals surface area contributed by atoms with Crippen molar-refractivity contribution in [3.8, 4) is 0 Å². The van der Waals surface area contributed by atoms with Crippen LogP contribution in [0.2, 0.25) is 5.02 Å². The number of carbonyl (C=O) groups excluding carboxylic acids is 1. The molecule has 0 amide bonds. The molecule has 2 aromatic carbocycles. The number of likely N-dealkylation sites (N-methyl/N-ethyl adjacent to an activating group) is 1. The van der Waals surface area contributed by atoms with Crippen molar-refractivity contribution in [3.63, 3.8) is 0 Å². The zero-order valence-electron chi connectivity index (χ0n) is 25.0. The van der Waals surface area contributed by atoms with E-state index in [0.29, 0.717) is 43.8 Å². The highest BCUT2D eigenvalue weighted by Crippen LogP contribution is 2.36. The molecule has 2 fully saturated rings. The summed E-state index contributed by atoms with van der Waals surface area (Å²) < 4.78 is 1.84. The van der Waals surface area contributed by atoms with Gasteiger partial charge in [-0.25, -0.2) is 9.50 Å². The number of nitrogens with zero attached hydrogens (tertiary/aromatic N) is 6. The normalized spacial score (nSPS) is 17.9. The molecule has 2 saturated heterocycles. The van der Waals surface area contributed by atoms with Gasteiger partial charge in [0.05, 0.1) is 11.3 Å². The minimum Gasteiger partial charge on any atom is -0.385 e. The number of piperidine rings is 1. The van der Waals surface area contributed by atoms with Crippen molar-refractivity contribution in [2.45, 2.75) is 44.1 Å². The van der Waals surface area contributed by atoms with Crippen LogP contribution in [0.25, 0.3) is 5.65 Å². The predicted molar refractivity (Wildman–Crippen MR) is 171 cm³/mol. The minimum atomic E-state index is -0.858. The number of rotatable bonds is 10. The summed E-state index contributed by atoms with van der Waals surface area (Å²) in [6, 6.07) is 19.5. The second-order valence-electron chi connectivity index (χ2n) is 12.1. The molecule has 6 rings (SSSR count). The zero-order valence-corrected chi connectivity index (χ0v) is 25.7. The monoisotopic (exact) mass is 600 g/mol. The number of benzene rings is 2. The Bertz CT molecular complexity index is 1520. The number of Topliss-reactive ketones (excluding diaryl/α,β-unsaturated/α-hetero) is 1. The molecule has 0 spiro atoms. The first-order chi connectivity index (χ1) is 20.9. The summed E-state index contributed by atoms with van der Waals surface area (Å²) in [6.45, 7) is 7.03. The number of pyridine rings is 1. The number of carbonyl (C=O) groups is 1. The highest BCUT2D eigenvalue weighted by Gasteiger charge is 2.34. The Morgan fingerprint density at radius 1 is 0.930 bits per heavy atom. The van der Waals surface area contributed by atoms with Crippen molar-refractivity contribution >= 4 is 28.7 Å². The number of ketones is 1. The molecule has 43 heavy (non-hydrogen) atoms. The maximum atomic E-state index is 12.8.